The quantitative estimate of drug-likeness (QED) is 0.753. The standard InChI is InChI=1S/C8H13BrN2O/c1-4-6(9)8-11-10-7(12-8)5(2)3/h5-6H,4H2,1-3H3. The van der Waals surface area contributed by atoms with E-state index in [0.29, 0.717) is 17.7 Å². The van der Waals surface area contributed by atoms with Gasteiger partial charge in [0.2, 0.25) is 11.8 Å². The maximum atomic E-state index is 5.43. The molecule has 0 saturated carbocycles. The zero-order valence-electron chi connectivity index (χ0n) is 7.54. The number of hydrogen-bond donors (Lipinski definition) is 0. The van der Waals surface area contributed by atoms with Crippen molar-refractivity contribution in [2.75, 3.05) is 0 Å². The van der Waals surface area contributed by atoms with Crippen LogP contribution < -0.4 is 0 Å². The van der Waals surface area contributed by atoms with Crippen molar-refractivity contribution in [1.29, 1.82) is 0 Å². The highest BCUT2D eigenvalue weighted by atomic mass is 79.9. The molecule has 0 aliphatic heterocycles. The minimum Gasteiger partial charge on any atom is -0.424 e. The van der Waals surface area contributed by atoms with Crippen LogP contribution in [0.2, 0.25) is 0 Å². The molecule has 0 saturated heterocycles. The van der Waals surface area contributed by atoms with Crippen molar-refractivity contribution in [2.24, 2.45) is 0 Å². The van der Waals surface area contributed by atoms with Crippen LogP contribution in [0.4, 0.5) is 0 Å². The summed E-state index contributed by atoms with van der Waals surface area (Å²) in [6.45, 7) is 6.14. The second kappa shape index (κ2) is 4.03. The maximum absolute atomic E-state index is 5.43. The number of alkyl halides is 1. The first kappa shape index (κ1) is 9.71. The molecule has 1 aromatic heterocycles. The second-order valence-electron chi connectivity index (χ2n) is 3.01. The Labute approximate surface area is 80.7 Å². The average molecular weight is 233 g/mol. The Kier molecular flexibility index (Phi) is 3.26. The molecule has 0 aromatic carbocycles. The highest BCUT2D eigenvalue weighted by Crippen LogP contribution is 2.25. The molecule has 0 N–H and O–H groups in total. The van der Waals surface area contributed by atoms with E-state index < -0.39 is 0 Å². The fourth-order valence-corrected chi connectivity index (χ4v) is 0.966. The van der Waals surface area contributed by atoms with Crippen LogP contribution in [-0.2, 0) is 0 Å². The molecule has 12 heavy (non-hydrogen) atoms. The summed E-state index contributed by atoms with van der Waals surface area (Å²) in [4.78, 5) is 0.192. The lowest BCUT2D eigenvalue weighted by Crippen LogP contribution is -1.86. The highest BCUT2D eigenvalue weighted by Gasteiger charge is 2.14. The Morgan fingerprint density at radius 1 is 1.33 bits per heavy atom. The molecular formula is C8H13BrN2O. The molecule has 1 aromatic rings. The van der Waals surface area contributed by atoms with E-state index in [1.54, 1.807) is 0 Å². The number of rotatable bonds is 3. The molecule has 0 aliphatic carbocycles. The lowest BCUT2D eigenvalue weighted by Gasteiger charge is -1.98. The van der Waals surface area contributed by atoms with E-state index in [2.05, 4.69) is 33.1 Å². The Morgan fingerprint density at radius 2 is 1.92 bits per heavy atom. The Bertz CT molecular complexity index is 247. The van der Waals surface area contributed by atoms with Gasteiger partial charge in [-0.1, -0.05) is 36.7 Å². The van der Waals surface area contributed by atoms with E-state index >= 15 is 0 Å². The summed E-state index contributed by atoms with van der Waals surface area (Å²) in [5.74, 6) is 1.70. The zero-order chi connectivity index (χ0) is 9.14. The fraction of sp³-hybridized carbons (Fsp3) is 0.750. The number of nitrogens with zero attached hydrogens (tertiary/aromatic N) is 2. The van der Waals surface area contributed by atoms with Crippen molar-refractivity contribution in [3.63, 3.8) is 0 Å². The van der Waals surface area contributed by atoms with Gasteiger partial charge in [0.15, 0.2) is 0 Å². The third-order valence-corrected chi connectivity index (χ3v) is 2.62. The molecule has 1 unspecified atom stereocenters. The van der Waals surface area contributed by atoms with E-state index in [-0.39, 0.29) is 4.83 Å². The van der Waals surface area contributed by atoms with Crippen LogP contribution in [0.15, 0.2) is 4.42 Å². The monoisotopic (exact) mass is 232 g/mol. The molecule has 68 valence electrons. The normalized spacial score (nSPS) is 13.8. The molecular weight excluding hydrogens is 220 g/mol. The highest BCUT2D eigenvalue weighted by molar-refractivity contribution is 9.09. The van der Waals surface area contributed by atoms with Gasteiger partial charge in [-0.2, -0.15) is 0 Å². The summed E-state index contributed by atoms with van der Waals surface area (Å²) in [6.07, 6.45) is 0.958. The largest absolute Gasteiger partial charge is 0.424 e. The summed E-state index contributed by atoms with van der Waals surface area (Å²) in [7, 11) is 0. The minimum absolute atomic E-state index is 0.192. The molecule has 0 fully saturated rings. The molecule has 0 spiro atoms. The van der Waals surface area contributed by atoms with Gasteiger partial charge in [0.25, 0.3) is 0 Å². The number of halogens is 1. The SMILES string of the molecule is CCC(Br)c1nnc(C(C)C)o1. The number of hydrogen-bond acceptors (Lipinski definition) is 3. The summed E-state index contributed by atoms with van der Waals surface area (Å²) in [5, 5.41) is 7.88. The van der Waals surface area contributed by atoms with Crippen LogP contribution >= 0.6 is 15.9 Å². The summed E-state index contributed by atoms with van der Waals surface area (Å²) in [5.41, 5.74) is 0. The minimum atomic E-state index is 0.192. The van der Waals surface area contributed by atoms with E-state index in [1.165, 1.54) is 0 Å². The van der Waals surface area contributed by atoms with E-state index in [1.807, 2.05) is 13.8 Å². The van der Waals surface area contributed by atoms with Gasteiger partial charge in [-0.25, -0.2) is 0 Å². The molecule has 0 aliphatic rings. The summed E-state index contributed by atoms with van der Waals surface area (Å²) < 4.78 is 5.43. The zero-order valence-corrected chi connectivity index (χ0v) is 9.13. The van der Waals surface area contributed by atoms with Gasteiger partial charge in [0.05, 0.1) is 4.83 Å². The summed E-state index contributed by atoms with van der Waals surface area (Å²) >= 11 is 3.45. The lowest BCUT2D eigenvalue weighted by molar-refractivity contribution is 0.429. The van der Waals surface area contributed by atoms with Crippen molar-refractivity contribution in [3.8, 4) is 0 Å². The molecule has 0 radical (unpaired) electrons. The molecule has 1 heterocycles. The maximum Gasteiger partial charge on any atom is 0.230 e. The third kappa shape index (κ3) is 2.06. The third-order valence-electron chi connectivity index (χ3n) is 1.58. The van der Waals surface area contributed by atoms with Crippen LogP contribution in [0.5, 0.6) is 0 Å². The first-order valence-electron chi connectivity index (χ1n) is 4.12. The second-order valence-corrected chi connectivity index (χ2v) is 4.11. The van der Waals surface area contributed by atoms with E-state index in [0.717, 1.165) is 6.42 Å². The van der Waals surface area contributed by atoms with E-state index in [4.69, 9.17) is 4.42 Å². The summed E-state index contributed by atoms with van der Waals surface area (Å²) in [6, 6.07) is 0. The van der Waals surface area contributed by atoms with Crippen molar-refractivity contribution >= 4 is 15.9 Å². The molecule has 0 amide bonds. The smallest absolute Gasteiger partial charge is 0.230 e. The van der Waals surface area contributed by atoms with Crippen molar-refractivity contribution in [3.05, 3.63) is 11.8 Å². The number of aromatic nitrogens is 2. The molecule has 0 bridgehead atoms. The predicted molar refractivity (Wildman–Crippen MR) is 50.3 cm³/mol. The van der Waals surface area contributed by atoms with Gasteiger partial charge < -0.3 is 4.42 Å². The van der Waals surface area contributed by atoms with Crippen LogP contribution in [0.3, 0.4) is 0 Å². The fourth-order valence-electron chi connectivity index (χ4n) is 0.781. The average Bonchev–Trinajstić information content (AvgIpc) is 2.51. The molecule has 4 heteroatoms. The van der Waals surface area contributed by atoms with Gasteiger partial charge in [0.1, 0.15) is 0 Å². The first-order valence-corrected chi connectivity index (χ1v) is 5.04. The molecule has 3 nitrogen and oxygen atoms in total. The Hall–Kier alpha value is -0.380. The Balaban J connectivity index is 2.77. The van der Waals surface area contributed by atoms with Gasteiger partial charge in [-0.15, -0.1) is 10.2 Å². The van der Waals surface area contributed by atoms with Crippen LogP contribution in [0, 0.1) is 0 Å². The van der Waals surface area contributed by atoms with Gasteiger partial charge in [-0.05, 0) is 6.42 Å². The van der Waals surface area contributed by atoms with Gasteiger partial charge in [0, 0.05) is 5.92 Å². The first-order chi connectivity index (χ1) is 5.65. The van der Waals surface area contributed by atoms with Gasteiger partial charge >= 0.3 is 0 Å². The van der Waals surface area contributed by atoms with Crippen molar-refractivity contribution in [1.82, 2.24) is 10.2 Å². The lowest BCUT2D eigenvalue weighted by atomic mass is 10.2. The van der Waals surface area contributed by atoms with Crippen LogP contribution in [0.1, 0.15) is 49.7 Å². The molecule has 1 rings (SSSR count). The van der Waals surface area contributed by atoms with Crippen molar-refractivity contribution in [2.45, 2.75) is 37.9 Å². The Morgan fingerprint density at radius 3 is 2.33 bits per heavy atom. The topological polar surface area (TPSA) is 38.9 Å². The van der Waals surface area contributed by atoms with Crippen LogP contribution in [0.25, 0.3) is 0 Å². The van der Waals surface area contributed by atoms with E-state index in [9.17, 15) is 0 Å². The van der Waals surface area contributed by atoms with Crippen LogP contribution in [-0.4, -0.2) is 10.2 Å². The molecule has 1 atom stereocenters. The van der Waals surface area contributed by atoms with Gasteiger partial charge in [-0.3, -0.25) is 0 Å². The predicted octanol–water partition coefficient (Wildman–Crippen LogP) is 3.04. The van der Waals surface area contributed by atoms with Crippen molar-refractivity contribution < 1.29 is 4.42 Å².